The maximum absolute atomic E-state index is 9.77. The topological polar surface area (TPSA) is 35.5 Å². The second-order valence-corrected chi connectivity index (χ2v) is 2.03. The van der Waals surface area contributed by atoms with Crippen molar-refractivity contribution in [3.63, 3.8) is 0 Å². The SMILES string of the molecule is O=CO[C@@H]1CCCCO1. The van der Waals surface area contributed by atoms with Crippen LogP contribution in [-0.4, -0.2) is 19.4 Å². The normalized spacial score (nSPS) is 27.3. The number of rotatable bonds is 2. The number of hydrogen-bond acceptors (Lipinski definition) is 3. The first-order valence-electron chi connectivity index (χ1n) is 3.14. The first kappa shape index (κ1) is 6.55. The maximum Gasteiger partial charge on any atom is 0.295 e. The van der Waals surface area contributed by atoms with Gasteiger partial charge in [0.15, 0.2) is 0 Å². The molecule has 0 spiro atoms. The summed E-state index contributed by atoms with van der Waals surface area (Å²) in [6.45, 7) is 1.16. The molecule has 0 bridgehead atoms. The van der Waals surface area contributed by atoms with Gasteiger partial charge in [0.05, 0.1) is 6.61 Å². The highest BCUT2D eigenvalue weighted by atomic mass is 16.7. The van der Waals surface area contributed by atoms with Gasteiger partial charge in [-0.2, -0.15) is 0 Å². The third-order valence-electron chi connectivity index (χ3n) is 1.35. The van der Waals surface area contributed by atoms with Gasteiger partial charge in [-0.25, -0.2) is 0 Å². The first-order valence-corrected chi connectivity index (χ1v) is 3.14. The van der Waals surface area contributed by atoms with Crippen LogP contribution in [0.2, 0.25) is 0 Å². The summed E-state index contributed by atoms with van der Waals surface area (Å²) in [4.78, 5) is 9.77. The molecule has 1 aliphatic heterocycles. The summed E-state index contributed by atoms with van der Waals surface area (Å²) < 4.78 is 9.64. The Morgan fingerprint density at radius 2 is 2.44 bits per heavy atom. The van der Waals surface area contributed by atoms with Crippen molar-refractivity contribution in [1.29, 1.82) is 0 Å². The molecule has 0 radical (unpaired) electrons. The van der Waals surface area contributed by atoms with Crippen LogP contribution in [0.1, 0.15) is 19.3 Å². The molecule has 1 atom stereocenters. The Kier molecular flexibility index (Phi) is 2.51. The molecule has 1 saturated heterocycles. The molecule has 52 valence electrons. The Hall–Kier alpha value is -0.570. The van der Waals surface area contributed by atoms with Crippen LogP contribution in [0.25, 0.3) is 0 Å². The highest BCUT2D eigenvalue weighted by Gasteiger charge is 2.12. The Balaban J connectivity index is 2.15. The number of carbonyl (C=O) groups is 1. The van der Waals surface area contributed by atoms with E-state index in [1.54, 1.807) is 0 Å². The molecule has 0 aromatic carbocycles. The van der Waals surface area contributed by atoms with Crippen LogP contribution in [0.5, 0.6) is 0 Å². The van der Waals surface area contributed by atoms with Crippen molar-refractivity contribution in [2.45, 2.75) is 25.6 Å². The third-order valence-corrected chi connectivity index (χ3v) is 1.35. The molecule has 0 aromatic heterocycles. The molecule has 3 heteroatoms. The molecule has 0 unspecified atom stereocenters. The fourth-order valence-electron chi connectivity index (χ4n) is 0.880. The molecule has 0 aromatic rings. The van der Waals surface area contributed by atoms with Crippen molar-refractivity contribution in [3.8, 4) is 0 Å². The van der Waals surface area contributed by atoms with Crippen LogP contribution < -0.4 is 0 Å². The lowest BCUT2D eigenvalue weighted by molar-refractivity contribution is -0.172. The summed E-state index contributed by atoms with van der Waals surface area (Å²) in [5.74, 6) is 0. The zero-order valence-corrected chi connectivity index (χ0v) is 5.21. The maximum atomic E-state index is 9.77. The average Bonchev–Trinajstić information content (AvgIpc) is 1.91. The van der Waals surface area contributed by atoms with Crippen molar-refractivity contribution in [2.24, 2.45) is 0 Å². The lowest BCUT2D eigenvalue weighted by Gasteiger charge is -2.19. The molecule has 0 saturated carbocycles. The van der Waals surface area contributed by atoms with E-state index in [1.807, 2.05) is 0 Å². The van der Waals surface area contributed by atoms with Crippen LogP contribution in [0.3, 0.4) is 0 Å². The van der Waals surface area contributed by atoms with E-state index in [1.165, 1.54) is 0 Å². The minimum atomic E-state index is -0.267. The van der Waals surface area contributed by atoms with Gasteiger partial charge in [0, 0.05) is 6.42 Å². The Morgan fingerprint density at radius 3 is 3.00 bits per heavy atom. The van der Waals surface area contributed by atoms with Gasteiger partial charge in [-0.05, 0) is 12.8 Å². The van der Waals surface area contributed by atoms with E-state index in [-0.39, 0.29) is 6.29 Å². The molecule has 1 fully saturated rings. The summed E-state index contributed by atoms with van der Waals surface area (Å²) in [5.41, 5.74) is 0. The van der Waals surface area contributed by atoms with Crippen molar-refractivity contribution in [3.05, 3.63) is 0 Å². The van der Waals surface area contributed by atoms with Gasteiger partial charge in [-0.15, -0.1) is 0 Å². The second-order valence-electron chi connectivity index (χ2n) is 2.03. The van der Waals surface area contributed by atoms with E-state index in [0.29, 0.717) is 6.47 Å². The molecule has 0 N–H and O–H groups in total. The van der Waals surface area contributed by atoms with Gasteiger partial charge in [0.1, 0.15) is 0 Å². The molecule has 1 rings (SSSR count). The van der Waals surface area contributed by atoms with Crippen molar-refractivity contribution in [1.82, 2.24) is 0 Å². The predicted octanol–water partition coefficient (Wildman–Crippen LogP) is 0.686. The standard InChI is InChI=1S/C6H10O3/c7-5-9-6-3-1-2-4-8-6/h5-6H,1-4H2/t6-/m1/s1. The van der Waals surface area contributed by atoms with E-state index in [9.17, 15) is 4.79 Å². The molecular formula is C6H10O3. The van der Waals surface area contributed by atoms with Crippen LogP contribution >= 0.6 is 0 Å². The first-order chi connectivity index (χ1) is 4.43. The van der Waals surface area contributed by atoms with Crippen LogP contribution in [-0.2, 0) is 14.3 Å². The van der Waals surface area contributed by atoms with Gasteiger partial charge >= 0.3 is 0 Å². The number of hydrogen-bond donors (Lipinski definition) is 0. The smallest absolute Gasteiger partial charge is 0.295 e. The van der Waals surface area contributed by atoms with Crippen molar-refractivity contribution in [2.75, 3.05) is 6.61 Å². The minimum Gasteiger partial charge on any atom is -0.438 e. The lowest BCUT2D eigenvalue weighted by Crippen LogP contribution is -2.21. The fraction of sp³-hybridized carbons (Fsp3) is 0.833. The highest BCUT2D eigenvalue weighted by molar-refractivity contribution is 5.37. The third kappa shape index (κ3) is 2.01. The Labute approximate surface area is 53.9 Å². The van der Waals surface area contributed by atoms with Gasteiger partial charge < -0.3 is 9.47 Å². The van der Waals surface area contributed by atoms with Gasteiger partial charge in [-0.3, -0.25) is 4.79 Å². The van der Waals surface area contributed by atoms with Crippen LogP contribution in [0, 0.1) is 0 Å². The van der Waals surface area contributed by atoms with Gasteiger partial charge in [0.2, 0.25) is 6.29 Å². The molecule has 1 heterocycles. The van der Waals surface area contributed by atoms with E-state index >= 15 is 0 Å². The summed E-state index contributed by atoms with van der Waals surface area (Å²) in [6.07, 6.45) is 2.76. The largest absolute Gasteiger partial charge is 0.438 e. The second kappa shape index (κ2) is 3.45. The van der Waals surface area contributed by atoms with E-state index in [0.717, 1.165) is 25.9 Å². The minimum absolute atomic E-state index is 0.267. The zero-order valence-electron chi connectivity index (χ0n) is 5.21. The van der Waals surface area contributed by atoms with E-state index in [4.69, 9.17) is 4.74 Å². The van der Waals surface area contributed by atoms with Gasteiger partial charge in [0.25, 0.3) is 6.47 Å². The van der Waals surface area contributed by atoms with E-state index in [2.05, 4.69) is 4.74 Å². The molecular weight excluding hydrogens is 120 g/mol. The fourth-order valence-corrected chi connectivity index (χ4v) is 0.880. The van der Waals surface area contributed by atoms with E-state index < -0.39 is 0 Å². The zero-order chi connectivity index (χ0) is 6.53. The van der Waals surface area contributed by atoms with Crippen molar-refractivity contribution >= 4 is 6.47 Å². The van der Waals surface area contributed by atoms with Crippen molar-refractivity contribution < 1.29 is 14.3 Å². The Morgan fingerprint density at radius 1 is 1.56 bits per heavy atom. The summed E-state index contributed by atoms with van der Waals surface area (Å²) in [7, 11) is 0. The summed E-state index contributed by atoms with van der Waals surface area (Å²) >= 11 is 0. The van der Waals surface area contributed by atoms with Gasteiger partial charge in [-0.1, -0.05) is 0 Å². The predicted molar refractivity (Wildman–Crippen MR) is 30.7 cm³/mol. The summed E-state index contributed by atoms with van der Waals surface area (Å²) in [5, 5.41) is 0. The van der Waals surface area contributed by atoms with Crippen LogP contribution in [0.15, 0.2) is 0 Å². The molecule has 1 aliphatic rings. The lowest BCUT2D eigenvalue weighted by atomic mass is 10.2. The Bertz CT molecular complexity index is 86.3. The highest BCUT2D eigenvalue weighted by Crippen LogP contribution is 2.12. The molecule has 3 nitrogen and oxygen atoms in total. The quantitative estimate of drug-likeness (QED) is 0.516. The number of carbonyl (C=O) groups excluding carboxylic acids is 1. The molecule has 0 amide bonds. The number of ether oxygens (including phenoxy) is 2. The molecule has 0 aliphatic carbocycles. The monoisotopic (exact) mass is 130 g/mol. The summed E-state index contributed by atoms with van der Waals surface area (Å²) in [6, 6.07) is 0. The molecule has 9 heavy (non-hydrogen) atoms. The van der Waals surface area contributed by atoms with Crippen LogP contribution in [0.4, 0.5) is 0 Å². The average molecular weight is 130 g/mol.